The molecule has 0 fully saturated rings. The Morgan fingerprint density at radius 1 is 1.43 bits per heavy atom. The topological polar surface area (TPSA) is 45.2 Å². The lowest BCUT2D eigenvalue weighted by molar-refractivity contribution is 0.0957. The fraction of sp³-hybridized carbons (Fsp3) is 0.176. The zero-order valence-corrected chi connectivity index (χ0v) is 14.3. The van der Waals surface area contributed by atoms with Crippen LogP contribution >= 0.6 is 15.9 Å². The van der Waals surface area contributed by atoms with Crippen molar-refractivity contribution in [3.8, 4) is 0 Å². The van der Waals surface area contributed by atoms with Gasteiger partial charge in [-0.1, -0.05) is 28.1 Å². The van der Waals surface area contributed by atoms with Crippen LogP contribution in [0.15, 0.2) is 53.7 Å². The van der Waals surface area contributed by atoms with E-state index in [0.29, 0.717) is 23.1 Å². The zero-order valence-electron chi connectivity index (χ0n) is 12.7. The summed E-state index contributed by atoms with van der Waals surface area (Å²) in [4.78, 5) is 18.0. The van der Waals surface area contributed by atoms with E-state index in [2.05, 4.69) is 32.8 Å². The van der Waals surface area contributed by atoms with Gasteiger partial charge in [0.25, 0.3) is 5.91 Å². The first kappa shape index (κ1) is 17.1. The van der Waals surface area contributed by atoms with Gasteiger partial charge in [-0.05, 0) is 29.8 Å². The molecule has 0 aliphatic heterocycles. The minimum absolute atomic E-state index is 0.187. The van der Waals surface area contributed by atoms with E-state index in [-0.39, 0.29) is 11.7 Å². The maximum Gasteiger partial charge on any atom is 0.253 e. The Kier molecular flexibility index (Phi) is 5.87. The Morgan fingerprint density at radius 3 is 2.83 bits per heavy atom. The van der Waals surface area contributed by atoms with Crippen LogP contribution in [-0.4, -0.2) is 24.5 Å². The zero-order chi connectivity index (χ0) is 16.8. The van der Waals surface area contributed by atoms with Gasteiger partial charge in [-0.15, -0.1) is 6.58 Å². The predicted octanol–water partition coefficient (Wildman–Crippen LogP) is 3.54. The quantitative estimate of drug-likeness (QED) is 0.783. The molecule has 0 unspecified atom stereocenters. The molecule has 1 aromatic heterocycles. The third-order valence-corrected chi connectivity index (χ3v) is 3.97. The van der Waals surface area contributed by atoms with Crippen LogP contribution in [-0.2, 0) is 6.54 Å². The van der Waals surface area contributed by atoms with E-state index in [1.807, 2.05) is 11.9 Å². The number of rotatable bonds is 6. The molecule has 0 saturated carbocycles. The molecular weight excluding hydrogens is 361 g/mol. The highest BCUT2D eigenvalue weighted by atomic mass is 79.9. The van der Waals surface area contributed by atoms with E-state index in [0.717, 1.165) is 11.4 Å². The molecule has 2 rings (SSSR count). The summed E-state index contributed by atoms with van der Waals surface area (Å²) < 4.78 is 13.8. The van der Waals surface area contributed by atoms with E-state index in [1.54, 1.807) is 24.3 Å². The number of benzene rings is 1. The fourth-order valence-electron chi connectivity index (χ4n) is 2.00. The number of amides is 1. The second-order valence-corrected chi connectivity index (χ2v) is 5.85. The highest BCUT2D eigenvalue weighted by molar-refractivity contribution is 9.10. The van der Waals surface area contributed by atoms with Crippen LogP contribution in [0.2, 0.25) is 0 Å². The molecule has 0 atom stereocenters. The molecule has 0 aliphatic rings. The molecule has 1 amide bonds. The number of anilines is 1. The summed E-state index contributed by atoms with van der Waals surface area (Å²) in [5.74, 6) is 0.255. The van der Waals surface area contributed by atoms with Gasteiger partial charge in [0.15, 0.2) is 0 Å². The van der Waals surface area contributed by atoms with Crippen molar-refractivity contribution in [2.45, 2.75) is 6.54 Å². The van der Waals surface area contributed by atoms with Crippen molar-refractivity contribution in [2.75, 3.05) is 18.5 Å². The minimum atomic E-state index is -0.281. The monoisotopic (exact) mass is 377 g/mol. The Labute approximate surface area is 143 Å². The van der Waals surface area contributed by atoms with Crippen molar-refractivity contribution in [1.82, 2.24) is 10.3 Å². The molecule has 2 aromatic rings. The molecule has 23 heavy (non-hydrogen) atoms. The van der Waals surface area contributed by atoms with Crippen molar-refractivity contribution >= 4 is 27.7 Å². The standard InChI is InChI=1S/C17H17BrFN3O/c1-3-8-20-17(23)12-5-7-16(21-10-12)22(2)11-13-4-6-14(19)9-15(13)18/h3-7,9-10H,1,8,11H2,2H3,(H,20,23). The number of pyridine rings is 1. The largest absolute Gasteiger partial charge is 0.355 e. The van der Waals surface area contributed by atoms with Crippen molar-refractivity contribution in [2.24, 2.45) is 0 Å². The molecular formula is C17H17BrFN3O. The summed E-state index contributed by atoms with van der Waals surface area (Å²) in [5.41, 5.74) is 1.44. The number of hydrogen-bond acceptors (Lipinski definition) is 3. The number of hydrogen-bond donors (Lipinski definition) is 1. The molecule has 0 aliphatic carbocycles. The second kappa shape index (κ2) is 7.87. The van der Waals surface area contributed by atoms with Crippen LogP contribution in [0.5, 0.6) is 0 Å². The van der Waals surface area contributed by atoms with Gasteiger partial charge >= 0.3 is 0 Å². The number of aromatic nitrogens is 1. The summed E-state index contributed by atoms with van der Waals surface area (Å²) >= 11 is 3.35. The smallest absolute Gasteiger partial charge is 0.253 e. The first-order valence-corrected chi connectivity index (χ1v) is 7.80. The van der Waals surface area contributed by atoms with Crippen LogP contribution in [0, 0.1) is 5.82 Å². The third kappa shape index (κ3) is 4.63. The summed E-state index contributed by atoms with van der Waals surface area (Å²) in [7, 11) is 1.88. The average Bonchev–Trinajstić information content (AvgIpc) is 2.55. The molecule has 0 spiro atoms. The summed E-state index contributed by atoms with van der Waals surface area (Å²) in [6.07, 6.45) is 3.15. The molecule has 0 saturated heterocycles. The molecule has 0 radical (unpaired) electrons. The van der Waals surface area contributed by atoms with Gasteiger partial charge in [-0.2, -0.15) is 0 Å². The number of nitrogens with one attached hydrogen (secondary N) is 1. The van der Waals surface area contributed by atoms with E-state index in [4.69, 9.17) is 0 Å². The molecule has 1 heterocycles. The molecule has 0 bridgehead atoms. The normalized spacial score (nSPS) is 10.2. The van der Waals surface area contributed by atoms with Gasteiger partial charge in [0.05, 0.1) is 5.56 Å². The van der Waals surface area contributed by atoms with Crippen LogP contribution in [0.3, 0.4) is 0 Å². The minimum Gasteiger partial charge on any atom is -0.355 e. The SMILES string of the molecule is C=CCNC(=O)c1ccc(N(C)Cc2ccc(F)cc2Br)nc1. The first-order valence-electron chi connectivity index (χ1n) is 7.01. The van der Waals surface area contributed by atoms with Crippen molar-refractivity contribution < 1.29 is 9.18 Å². The Bertz CT molecular complexity index is 703. The lowest BCUT2D eigenvalue weighted by atomic mass is 10.2. The summed E-state index contributed by atoms with van der Waals surface area (Å²) in [5, 5.41) is 2.70. The van der Waals surface area contributed by atoms with Gasteiger partial charge < -0.3 is 10.2 Å². The van der Waals surface area contributed by atoms with Crippen LogP contribution < -0.4 is 10.2 Å². The molecule has 4 nitrogen and oxygen atoms in total. The van der Waals surface area contributed by atoms with Crippen molar-refractivity contribution in [3.05, 3.63) is 70.6 Å². The summed E-state index contributed by atoms with van der Waals surface area (Å²) in [6.45, 7) is 4.53. The Morgan fingerprint density at radius 2 is 2.22 bits per heavy atom. The molecule has 120 valence electrons. The van der Waals surface area contributed by atoms with Gasteiger partial charge in [0, 0.05) is 30.8 Å². The number of carbonyl (C=O) groups is 1. The third-order valence-electron chi connectivity index (χ3n) is 3.23. The highest BCUT2D eigenvalue weighted by Crippen LogP contribution is 2.21. The van der Waals surface area contributed by atoms with Gasteiger partial charge in [-0.3, -0.25) is 4.79 Å². The van der Waals surface area contributed by atoms with Crippen molar-refractivity contribution in [3.63, 3.8) is 0 Å². The van der Waals surface area contributed by atoms with Gasteiger partial charge in [0.1, 0.15) is 11.6 Å². The van der Waals surface area contributed by atoms with E-state index >= 15 is 0 Å². The molecule has 1 aromatic carbocycles. The number of halogens is 2. The lowest BCUT2D eigenvalue weighted by Crippen LogP contribution is -2.24. The number of nitrogens with zero attached hydrogens (tertiary/aromatic N) is 2. The first-order chi connectivity index (χ1) is 11.0. The van der Waals surface area contributed by atoms with Crippen LogP contribution in [0.4, 0.5) is 10.2 Å². The van der Waals surface area contributed by atoms with E-state index in [1.165, 1.54) is 18.3 Å². The summed E-state index contributed by atoms with van der Waals surface area (Å²) in [6, 6.07) is 8.09. The maximum atomic E-state index is 13.1. The average molecular weight is 378 g/mol. The van der Waals surface area contributed by atoms with Gasteiger partial charge in [0.2, 0.25) is 0 Å². The van der Waals surface area contributed by atoms with Crippen LogP contribution in [0.1, 0.15) is 15.9 Å². The van der Waals surface area contributed by atoms with Gasteiger partial charge in [-0.25, -0.2) is 9.37 Å². The fourth-order valence-corrected chi connectivity index (χ4v) is 2.48. The highest BCUT2D eigenvalue weighted by Gasteiger charge is 2.09. The molecule has 6 heteroatoms. The maximum absolute atomic E-state index is 13.1. The molecule has 1 N–H and O–H groups in total. The second-order valence-electron chi connectivity index (χ2n) is 5.00. The van der Waals surface area contributed by atoms with Crippen LogP contribution in [0.25, 0.3) is 0 Å². The lowest BCUT2D eigenvalue weighted by Gasteiger charge is -2.19. The van der Waals surface area contributed by atoms with E-state index in [9.17, 15) is 9.18 Å². The predicted molar refractivity (Wildman–Crippen MR) is 93.0 cm³/mol. The van der Waals surface area contributed by atoms with Crippen molar-refractivity contribution in [1.29, 1.82) is 0 Å². The Hall–Kier alpha value is -2.21. The Balaban J connectivity index is 2.06. The van der Waals surface area contributed by atoms with E-state index < -0.39 is 0 Å². The number of carbonyl (C=O) groups excluding carboxylic acids is 1.